The fraction of sp³-hybridized carbons (Fsp3) is 0.316. The smallest absolute Gasteiger partial charge is 0.340 e. The average Bonchev–Trinajstić information content (AvgIpc) is 2.59. The predicted octanol–water partition coefficient (Wildman–Crippen LogP) is 3.63. The van der Waals surface area contributed by atoms with Crippen molar-refractivity contribution in [2.75, 3.05) is 7.11 Å². The van der Waals surface area contributed by atoms with E-state index in [4.69, 9.17) is 9.47 Å². The second kappa shape index (κ2) is 7.94. The third-order valence-electron chi connectivity index (χ3n) is 3.84. The van der Waals surface area contributed by atoms with Crippen LogP contribution in [0, 0.1) is 24.0 Å². The second-order valence-electron chi connectivity index (χ2n) is 6.16. The summed E-state index contributed by atoms with van der Waals surface area (Å²) in [7, 11) is 1.21. The van der Waals surface area contributed by atoms with E-state index in [9.17, 15) is 19.7 Å². The number of carbonyl (C=O) groups excluding carboxylic acids is 2. The molecule has 0 atom stereocenters. The van der Waals surface area contributed by atoms with E-state index < -0.39 is 23.0 Å². The van der Waals surface area contributed by atoms with Gasteiger partial charge in [0.25, 0.3) is 5.69 Å². The van der Waals surface area contributed by atoms with Crippen molar-refractivity contribution in [3.63, 3.8) is 0 Å². The Balaban J connectivity index is 2.89. The first-order valence-corrected chi connectivity index (χ1v) is 8.22. The average molecular weight is 372 g/mol. The van der Waals surface area contributed by atoms with Crippen molar-refractivity contribution in [1.29, 1.82) is 0 Å². The van der Waals surface area contributed by atoms with Crippen molar-refractivity contribution < 1.29 is 24.0 Å². The summed E-state index contributed by atoms with van der Waals surface area (Å²) < 4.78 is 10.1. The summed E-state index contributed by atoms with van der Waals surface area (Å²) in [5.74, 6) is -1.36. The molecule has 0 aliphatic carbocycles. The number of methoxy groups -OCH3 is 1. The lowest BCUT2D eigenvalue weighted by atomic mass is 9.92. The molecule has 1 aromatic carbocycles. The summed E-state index contributed by atoms with van der Waals surface area (Å²) in [6.45, 7) is 6.62. The minimum Gasteiger partial charge on any atom is -0.465 e. The third-order valence-corrected chi connectivity index (χ3v) is 3.84. The first kappa shape index (κ1) is 20.0. The quantitative estimate of drug-likeness (QED) is 0.448. The van der Waals surface area contributed by atoms with Gasteiger partial charge < -0.3 is 9.47 Å². The normalized spacial score (nSPS) is 10.6. The van der Waals surface area contributed by atoms with Gasteiger partial charge >= 0.3 is 11.9 Å². The molecule has 0 fully saturated rings. The Bertz CT molecular complexity index is 921. The molecule has 8 nitrogen and oxygen atoms in total. The summed E-state index contributed by atoms with van der Waals surface area (Å²) in [6, 6.07) is 5.69. The largest absolute Gasteiger partial charge is 0.465 e. The molecule has 2 rings (SSSR count). The zero-order chi connectivity index (χ0) is 20.3. The SMILES string of the molecule is COC(=O)c1c(C)nc(C)c(C(=O)OC(C)C)c1-c1cccc([N+](=O)[O-])c1. The molecule has 0 spiro atoms. The number of ether oxygens (including phenoxy) is 2. The highest BCUT2D eigenvalue weighted by Crippen LogP contribution is 2.34. The van der Waals surface area contributed by atoms with Gasteiger partial charge in [-0.25, -0.2) is 9.59 Å². The van der Waals surface area contributed by atoms with Gasteiger partial charge in [-0.15, -0.1) is 0 Å². The lowest BCUT2D eigenvalue weighted by Gasteiger charge is -2.18. The van der Waals surface area contributed by atoms with Gasteiger partial charge in [0.2, 0.25) is 0 Å². The number of hydrogen-bond acceptors (Lipinski definition) is 7. The van der Waals surface area contributed by atoms with Gasteiger partial charge in [0.15, 0.2) is 0 Å². The van der Waals surface area contributed by atoms with Crippen molar-refractivity contribution in [2.45, 2.75) is 33.8 Å². The third kappa shape index (κ3) is 4.11. The fourth-order valence-electron chi connectivity index (χ4n) is 2.79. The zero-order valence-corrected chi connectivity index (χ0v) is 15.7. The number of benzene rings is 1. The summed E-state index contributed by atoms with van der Waals surface area (Å²) in [5, 5.41) is 11.2. The lowest BCUT2D eigenvalue weighted by molar-refractivity contribution is -0.384. The predicted molar refractivity (Wildman–Crippen MR) is 97.7 cm³/mol. The van der Waals surface area contributed by atoms with Crippen LogP contribution in [0.25, 0.3) is 11.1 Å². The van der Waals surface area contributed by atoms with E-state index in [1.165, 1.54) is 25.3 Å². The molecule has 142 valence electrons. The van der Waals surface area contributed by atoms with Crippen LogP contribution in [0.4, 0.5) is 5.69 Å². The fourth-order valence-corrected chi connectivity index (χ4v) is 2.79. The molecule has 0 aliphatic heterocycles. The standard InChI is InChI=1S/C19H20N2O6/c1-10(2)27-19(23)16-12(4)20-11(3)15(18(22)26-5)17(16)13-7-6-8-14(9-13)21(24)25/h6-10H,1-5H3. The second-order valence-corrected chi connectivity index (χ2v) is 6.16. The molecule has 0 unspecified atom stereocenters. The topological polar surface area (TPSA) is 109 Å². The maximum absolute atomic E-state index is 12.7. The number of esters is 2. The Hall–Kier alpha value is -3.29. The molecule has 1 aromatic heterocycles. The minimum atomic E-state index is -0.694. The number of pyridine rings is 1. The van der Waals surface area contributed by atoms with Gasteiger partial charge in [0.1, 0.15) is 0 Å². The number of nitro groups is 1. The number of nitrogens with zero attached hydrogens (tertiary/aromatic N) is 2. The number of hydrogen-bond donors (Lipinski definition) is 0. The van der Waals surface area contributed by atoms with Crippen LogP contribution < -0.4 is 0 Å². The van der Waals surface area contributed by atoms with Crippen LogP contribution in [0.2, 0.25) is 0 Å². The van der Waals surface area contributed by atoms with Gasteiger partial charge in [-0.1, -0.05) is 12.1 Å². The number of rotatable bonds is 5. The Labute approximate surface area is 156 Å². The van der Waals surface area contributed by atoms with Gasteiger partial charge in [0, 0.05) is 17.7 Å². The molecule has 1 heterocycles. The van der Waals surface area contributed by atoms with E-state index in [-0.39, 0.29) is 22.4 Å². The number of non-ortho nitro benzene ring substituents is 1. The number of nitro benzene ring substituents is 1. The Morgan fingerprint density at radius 1 is 1.11 bits per heavy atom. The van der Waals surface area contributed by atoms with Gasteiger partial charge in [-0.05, 0) is 33.3 Å². The maximum atomic E-state index is 12.7. The summed E-state index contributed by atoms with van der Waals surface area (Å²) in [5.41, 5.74) is 1.22. The van der Waals surface area contributed by atoms with E-state index in [1.807, 2.05) is 0 Å². The van der Waals surface area contributed by atoms with Crippen LogP contribution in [-0.4, -0.2) is 35.1 Å². The van der Waals surface area contributed by atoms with E-state index in [0.717, 1.165) is 0 Å². The molecule has 8 heteroatoms. The van der Waals surface area contributed by atoms with E-state index in [0.29, 0.717) is 17.0 Å². The van der Waals surface area contributed by atoms with Crippen molar-refractivity contribution in [2.24, 2.45) is 0 Å². The highest BCUT2D eigenvalue weighted by molar-refractivity contribution is 6.07. The molecular weight excluding hydrogens is 352 g/mol. The summed E-state index contributed by atoms with van der Waals surface area (Å²) >= 11 is 0. The van der Waals surface area contributed by atoms with Crippen LogP contribution in [0.3, 0.4) is 0 Å². The molecular formula is C19H20N2O6. The highest BCUT2D eigenvalue weighted by Gasteiger charge is 2.28. The first-order valence-electron chi connectivity index (χ1n) is 8.22. The van der Waals surface area contributed by atoms with Gasteiger partial charge in [-0.2, -0.15) is 0 Å². The van der Waals surface area contributed by atoms with E-state index >= 15 is 0 Å². The number of aromatic nitrogens is 1. The first-order chi connectivity index (χ1) is 12.7. The number of carbonyl (C=O) groups is 2. The Morgan fingerprint density at radius 2 is 1.70 bits per heavy atom. The molecule has 0 radical (unpaired) electrons. The molecule has 0 bridgehead atoms. The van der Waals surface area contributed by atoms with Gasteiger partial charge in [-0.3, -0.25) is 15.1 Å². The monoisotopic (exact) mass is 372 g/mol. The maximum Gasteiger partial charge on any atom is 0.340 e. The molecule has 0 N–H and O–H groups in total. The Morgan fingerprint density at radius 3 is 2.22 bits per heavy atom. The minimum absolute atomic E-state index is 0.0688. The summed E-state index contributed by atoms with van der Waals surface area (Å²) in [4.78, 5) is 40.0. The summed E-state index contributed by atoms with van der Waals surface area (Å²) in [6.07, 6.45) is -0.391. The molecule has 0 amide bonds. The van der Waals surface area contributed by atoms with Crippen LogP contribution in [0.15, 0.2) is 24.3 Å². The molecule has 0 saturated carbocycles. The van der Waals surface area contributed by atoms with E-state index in [1.54, 1.807) is 33.8 Å². The number of aryl methyl sites for hydroxylation is 2. The molecule has 0 saturated heterocycles. The van der Waals surface area contributed by atoms with Crippen molar-refractivity contribution in [3.05, 3.63) is 56.9 Å². The van der Waals surface area contributed by atoms with Gasteiger partial charge in [0.05, 0.1) is 40.7 Å². The highest BCUT2D eigenvalue weighted by atomic mass is 16.6. The van der Waals surface area contributed by atoms with Crippen LogP contribution >= 0.6 is 0 Å². The Kier molecular flexibility index (Phi) is 5.89. The van der Waals surface area contributed by atoms with Crippen molar-refractivity contribution in [3.8, 4) is 11.1 Å². The van der Waals surface area contributed by atoms with Crippen molar-refractivity contribution in [1.82, 2.24) is 4.98 Å². The molecule has 27 heavy (non-hydrogen) atoms. The molecule has 0 aliphatic rings. The van der Waals surface area contributed by atoms with Crippen molar-refractivity contribution >= 4 is 17.6 Å². The molecule has 2 aromatic rings. The zero-order valence-electron chi connectivity index (χ0n) is 15.7. The van der Waals surface area contributed by atoms with Crippen LogP contribution in [-0.2, 0) is 9.47 Å². The van der Waals surface area contributed by atoms with E-state index in [2.05, 4.69) is 4.98 Å². The lowest BCUT2D eigenvalue weighted by Crippen LogP contribution is -2.19. The van der Waals surface area contributed by atoms with Crippen LogP contribution in [0.1, 0.15) is 46.0 Å². The van der Waals surface area contributed by atoms with Crippen LogP contribution in [0.5, 0.6) is 0 Å².